The van der Waals surface area contributed by atoms with Gasteiger partial charge in [0.1, 0.15) is 0 Å². The van der Waals surface area contributed by atoms with Gasteiger partial charge in [-0.1, -0.05) is 24.8 Å². The Balaban J connectivity index is 1.69. The molecule has 3 heterocycles. The van der Waals surface area contributed by atoms with E-state index in [-0.39, 0.29) is 18.0 Å². The van der Waals surface area contributed by atoms with Gasteiger partial charge in [-0.2, -0.15) is 5.10 Å². The molecule has 10 nitrogen and oxygen atoms in total. The highest BCUT2D eigenvalue weighted by molar-refractivity contribution is 6.04. The van der Waals surface area contributed by atoms with Gasteiger partial charge in [-0.3, -0.25) is 14.4 Å². The average Bonchev–Trinajstić information content (AvgIpc) is 3.36. The first-order valence-electron chi connectivity index (χ1n) is 11.7. The molecule has 1 fully saturated rings. The third-order valence-electron chi connectivity index (χ3n) is 6.17. The number of aromatic nitrogens is 3. The molecule has 3 amide bonds. The number of primary amides is 1. The molecular formula is C26H28N6O4. The Morgan fingerprint density at radius 2 is 2.06 bits per heavy atom. The molecule has 0 spiro atoms. The zero-order valence-corrected chi connectivity index (χ0v) is 20.5. The predicted octanol–water partition coefficient (Wildman–Crippen LogP) is 1.22. The lowest BCUT2D eigenvalue weighted by molar-refractivity contribution is -0.137. The molecule has 0 aliphatic carbocycles. The Labute approximate surface area is 208 Å². The van der Waals surface area contributed by atoms with Gasteiger partial charge in [0.25, 0.3) is 11.8 Å². The van der Waals surface area contributed by atoms with Crippen molar-refractivity contribution in [3.05, 3.63) is 53.3 Å². The molecule has 3 aromatic rings. The molecule has 1 aliphatic rings. The van der Waals surface area contributed by atoms with Crippen molar-refractivity contribution >= 4 is 28.6 Å². The highest BCUT2D eigenvalue weighted by Gasteiger charge is 2.42. The molecular weight excluding hydrogens is 460 g/mol. The van der Waals surface area contributed by atoms with E-state index in [2.05, 4.69) is 21.9 Å². The number of pyridine rings is 1. The summed E-state index contributed by atoms with van der Waals surface area (Å²) in [7, 11) is 3.36. The number of amides is 3. The van der Waals surface area contributed by atoms with Crippen LogP contribution in [-0.4, -0.2) is 73.6 Å². The maximum Gasteiger partial charge on any atom is 0.269 e. The molecule has 36 heavy (non-hydrogen) atoms. The van der Waals surface area contributed by atoms with Gasteiger partial charge in [-0.25, -0.2) is 9.67 Å². The molecule has 2 aromatic heterocycles. The number of likely N-dealkylation sites (N-methyl/N-ethyl adjacent to an activating group) is 1. The van der Waals surface area contributed by atoms with Gasteiger partial charge in [0.05, 0.1) is 5.52 Å². The number of likely N-dealkylation sites (tertiary alicyclic amines) is 1. The first kappa shape index (κ1) is 24.9. The summed E-state index contributed by atoms with van der Waals surface area (Å²) >= 11 is 0. The van der Waals surface area contributed by atoms with Crippen LogP contribution in [0.2, 0.25) is 0 Å². The molecule has 1 saturated heterocycles. The molecule has 4 rings (SSSR count). The van der Waals surface area contributed by atoms with Crippen LogP contribution in [-0.2, 0) is 16.1 Å². The molecule has 1 atom stereocenters. The first-order valence-corrected chi connectivity index (χ1v) is 11.7. The van der Waals surface area contributed by atoms with Gasteiger partial charge >= 0.3 is 0 Å². The van der Waals surface area contributed by atoms with E-state index in [4.69, 9.17) is 5.73 Å². The van der Waals surface area contributed by atoms with Crippen LogP contribution in [0.15, 0.2) is 36.5 Å². The smallest absolute Gasteiger partial charge is 0.269 e. The van der Waals surface area contributed by atoms with Crippen molar-refractivity contribution in [1.29, 1.82) is 0 Å². The van der Waals surface area contributed by atoms with Gasteiger partial charge in [-0.05, 0) is 36.2 Å². The van der Waals surface area contributed by atoms with Crippen LogP contribution in [0.5, 0.6) is 0 Å². The van der Waals surface area contributed by atoms with Crippen LogP contribution in [0.3, 0.4) is 0 Å². The van der Waals surface area contributed by atoms with Crippen LogP contribution < -0.4 is 5.73 Å². The molecule has 0 unspecified atom stereocenters. The van der Waals surface area contributed by atoms with Crippen LogP contribution in [0.4, 0.5) is 0 Å². The minimum absolute atomic E-state index is 0.0427. The summed E-state index contributed by atoms with van der Waals surface area (Å²) in [6.07, 6.45) is 3.01. The normalized spacial score (nSPS) is 17.2. The molecule has 1 aromatic carbocycles. The van der Waals surface area contributed by atoms with E-state index >= 15 is 0 Å². The zero-order chi connectivity index (χ0) is 26.0. The maximum atomic E-state index is 12.2. The molecule has 10 heteroatoms. The van der Waals surface area contributed by atoms with Crippen LogP contribution in [0.25, 0.3) is 16.7 Å². The first-order chi connectivity index (χ1) is 17.1. The van der Waals surface area contributed by atoms with E-state index in [0.29, 0.717) is 41.8 Å². The third-order valence-corrected chi connectivity index (χ3v) is 6.17. The lowest BCUT2D eigenvalue weighted by Crippen LogP contribution is -2.37. The topological polar surface area (TPSA) is 135 Å². The van der Waals surface area contributed by atoms with Gasteiger partial charge in [-0.15, -0.1) is 0 Å². The third kappa shape index (κ3) is 4.78. The summed E-state index contributed by atoms with van der Waals surface area (Å²) in [5.74, 6) is 4.87. The average molecular weight is 489 g/mol. The number of hydrogen-bond donors (Lipinski definition) is 2. The highest BCUT2D eigenvalue weighted by atomic mass is 16.3. The molecule has 0 radical (unpaired) electrons. The van der Waals surface area contributed by atoms with E-state index in [9.17, 15) is 19.5 Å². The van der Waals surface area contributed by atoms with Crippen LogP contribution in [0.1, 0.15) is 47.8 Å². The fourth-order valence-electron chi connectivity index (χ4n) is 4.14. The second kappa shape index (κ2) is 9.79. The second-order valence-electron chi connectivity index (χ2n) is 8.97. The SMILES string of the molecule is CCCC(=O)N(C)Cc1ccc2c(c1)c(C(N)=O)nn2-c1cc(C#C[C@]2(O)CCN(C)C2=O)ccn1. The number of hydrogen-bond acceptors (Lipinski definition) is 6. The van der Waals surface area contributed by atoms with E-state index in [1.807, 2.05) is 13.0 Å². The van der Waals surface area contributed by atoms with Gasteiger partial charge in [0.15, 0.2) is 11.5 Å². The van der Waals surface area contributed by atoms with Crippen molar-refractivity contribution in [2.75, 3.05) is 20.6 Å². The quantitative estimate of drug-likeness (QED) is 0.501. The summed E-state index contributed by atoms with van der Waals surface area (Å²) in [6, 6.07) is 8.78. The van der Waals surface area contributed by atoms with Crippen molar-refractivity contribution in [2.24, 2.45) is 5.73 Å². The van der Waals surface area contributed by atoms with Gasteiger partial charge in [0, 0.05) is 57.2 Å². The Kier molecular flexibility index (Phi) is 6.77. The fourth-order valence-corrected chi connectivity index (χ4v) is 4.14. The summed E-state index contributed by atoms with van der Waals surface area (Å²) < 4.78 is 1.50. The Morgan fingerprint density at radius 3 is 2.72 bits per heavy atom. The number of carbonyl (C=O) groups excluding carboxylic acids is 3. The minimum atomic E-state index is -1.71. The summed E-state index contributed by atoms with van der Waals surface area (Å²) in [5, 5.41) is 15.5. The number of fused-ring (bicyclic) bond motifs is 1. The van der Waals surface area contributed by atoms with Crippen molar-refractivity contribution in [1.82, 2.24) is 24.6 Å². The predicted molar refractivity (Wildman–Crippen MR) is 133 cm³/mol. The van der Waals surface area contributed by atoms with E-state index in [0.717, 1.165) is 12.0 Å². The van der Waals surface area contributed by atoms with E-state index < -0.39 is 17.4 Å². The van der Waals surface area contributed by atoms with E-state index in [1.54, 1.807) is 43.3 Å². The van der Waals surface area contributed by atoms with Crippen LogP contribution in [0, 0.1) is 11.8 Å². The summed E-state index contributed by atoms with van der Waals surface area (Å²) in [4.78, 5) is 44.0. The van der Waals surface area contributed by atoms with Crippen molar-refractivity contribution in [3.63, 3.8) is 0 Å². The Hall–Kier alpha value is -4.23. The Bertz CT molecular complexity index is 1420. The molecule has 1 aliphatic heterocycles. The Morgan fingerprint density at radius 1 is 1.28 bits per heavy atom. The molecule has 186 valence electrons. The van der Waals surface area contributed by atoms with Crippen LogP contribution >= 0.6 is 0 Å². The minimum Gasteiger partial charge on any atom is -0.369 e. The lowest BCUT2D eigenvalue weighted by Gasteiger charge is -2.17. The molecule has 0 saturated carbocycles. The highest BCUT2D eigenvalue weighted by Crippen LogP contribution is 2.24. The van der Waals surface area contributed by atoms with Gasteiger partial charge < -0.3 is 20.6 Å². The van der Waals surface area contributed by atoms with Crippen molar-refractivity contribution in [2.45, 2.75) is 38.3 Å². The number of carbonyl (C=O) groups is 3. The zero-order valence-electron chi connectivity index (χ0n) is 20.5. The fraction of sp³-hybridized carbons (Fsp3) is 0.346. The molecule has 3 N–H and O–H groups in total. The number of nitrogens with two attached hydrogens (primary N) is 1. The number of nitrogens with zero attached hydrogens (tertiary/aromatic N) is 5. The monoisotopic (exact) mass is 488 g/mol. The number of rotatable bonds is 6. The number of benzene rings is 1. The molecule has 0 bridgehead atoms. The van der Waals surface area contributed by atoms with E-state index in [1.165, 1.54) is 15.8 Å². The standard InChI is InChI=1S/C26H28N6O4/c1-4-5-22(33)31(3)16-18-6-7-20-19(14-18)23(24(27)34)29-32(20)21-15-17(9-12-28-21)8-10-26(36)11-13-30(2)25(26)35/h6-7,9,12,14-15,36H,4-5,11,13,16H2,1-3H3,(H2,27,34)/t26-/m0/s1. The summed E-state index contributed by atoms with van der Waals surface area (Å²) in [5.41, 5.74) is 5.95. The largest absolute Gasteiger partial charge is 0.369 e. The maximum absolute atomic E-state index is 12.2. The lowest BCUT2D eigenvalue weighted by atomic mass is 10.0. The second-order valence-corrected chi connectivity index (χ2v) is 8.97. The van der Waals surface area contributed by atoms with Gasteiger partial charge in [0.2, 0.25) is 11.5 Å². The summed E-state index contributed by atoms with van der Waals surface area (Å²) in [6.45, 7) is 2.78. The van der Waals surface area contributed by atoms with Crippen molar-refractivity contribution < 1.29 is 19.5 Å². The van der Waals surface area contributed by atoms with Crippen molar-refractivity contribution in [3.8, 4) is 17.7 Å². The number of aliphatic hydroxyl groups is 1.